The van der Waals surface area contributed by atoms with Crippen molar-refractivity contribution in [1.82, 2.24) is 0 Å². The number of fused-ring (bicyclic) bond motifs is 21. The highest BCUT2D eigenvalue weighted by Crippen LogP contribution is 2.67. The van der Waals surface area contributed by atoms with Crippen LogP contribution < -0.4 is 0 Å². The quantitative estimate of drug-likeness (QED) is 0.123. The van der Waals surface area contributed by atoms with Crippen LogP contribution in [0.1, 0.15) is 44.5 Å². The van der Waals surface area contributed by atoms with Gasteiger partial charge in [-0.3, -0.25) is 0 Å². The van der Waals surface area contributed by atoms with Crippen LogP contribution in [-0.4, -0.2) is 0 Å². The van der Waals surface area contributed by atoms with E-state index in [0.29, 0.717) is 0 Å². The molecular weight excluding hydrogens is 697 g/mol. The fraction of sp³-hybridized carbons (Fsp3) is 0.0345. The molecule has 4 aliphatic carbocycles. The topological polar surface area (TPSA) is 0 Å². The fourth-order valence-corrected chi connectivity index (χ4v) is 12.8. The van der Waals surface area contributed by atoms with Gasteiger partial charge in [-0.25, -0.2) is 0 Å². The third kappa shape index (κ3) is 3.15. The summed E-state index contributed by atoms with van der Waals surface area (Å²) in [5, 5.41) is 10.6. The zero-order chi connectivity index (χ0) is 38.1. The maximum atomic E-state index is 4.48. The lowest BCUT2D eigenvalue weighted by atomic mass is 9.68. The van der Waals surface area contributed by atoms with Crippen LogP contribution in [0.15, 0.2) is 201 Å². The van der Waals surface area contributed by atoms with E-state index < -0.39 is 10.8 Å². The van der Waals surface area contributed by atoms with Gasteiger partial charge in [-0.15, -0.1) is 0 Å². The largest absolute Gasteiger partial charge is 0.0987 e. The molecule has 0 saturated carbocycles. The van der Waals surface area contributed by atoms with E-state index in [0.717, 1.165) is 0 Å². The molecule has 0 heteroatoms. The van der Waals surface area contributed by atoms with Gasteiger partial charge in [0.1, 0.15) is 0 Å². The van der Waals surface area contributed by atoms with Crippen LogP contribution in [0.2, 0.25) is 0 Å². The first-order chi connectivity index (χ1) is 28.7. The van der Waals surface area contributed by atoms with E-state index in [2.05, 4.69) is 189 Å². The predicted octanol–water partition coefficient (Wildman–Crippen LogP) is 14.5. The summed E-state index contributed by atoms with van der Waals surface area (Å²) in [5.41, 5.74) is 20.2. The number of rotatable bonds is 2. The highest BCUT2D eigenvalue weighted by atomic mass is 14.5. The lowest BCUT2D eigenvalue weighted by Gasteiger charge is -2.32. The molecule has 0 saturated heterocycles. The molecule has 1 atom stereocenters. The molecule has 266 valence electrons. The summed E-state index contributed by atoms with van der Waals surface area (Å²) in [6.45, 7) is 8.84. The zero-order valence-corrected chi connectivity index (χ0v) is 31.7. The van der Waals surface area contributed by atoms with Crippen LogP contribution in [-0.2, 0) is 10.8 Å². The van der Waals surface area contributed by atoms with Gasteiger partial charge in [0.25, 0.3) is 0 Å². The number of hydrogen-bond donors (Lipinski definition) is 0. The molecule has 0 heterocycles. The molecule has 1 unspecified atom stereocenters. The van der Waals surface area contributed by atoms with Crippen molar-refractivity contribution in [3.63, 3.8) is 0 Å². The molecule has 0 amide bonds. The average Bonchev–Trinajstić information content (AvgIpc) is 3.96. The molecule has 0 aromatic heterocycles. The second-order valence-electron chi connectivity index (χ2n) is 16.6. The standard InChI is InChI=1S/C58H34/c1-3-33-34-17-5-10-26-46(34)57(45(33)4-2)49-29-13-8-20-39(49)55-41-24-15-23-38-44-32-52-56(42-25-16-22-37(54(42)44)43(53(38)41)31-51(55)57)40-21-9-14-30-50(40)58(52)47-27-11-6-18-35(47)36-19-7-12-28-48(36)58/h3-32H,1-2H2. The fourth-order valence-electron chi connectivity index (χ4n) is 12.8. The van der Waals surface area contributed by atoms with Crippen molar-refractivity contribution < 1.29 is 0 Å². The van der Waals surface area contributed by atoms with E-state index >= 15 is 0 Å². The summed E-state index contributed by atoms with van der Waals surface area (Å²) in [5.74, 6) is 0. The van der Waals surface area contributed by atoms with Crippen molar-refractivity contribution in [2.45, 2.75) is 10.8 Å². The van der Waals surface area contributed by atoms with Crippen molar-refractivity contribution in [3.8, 4) is 33.4 Å². The van der Waals surface area contributed by atoms with Crippen LogP contribution in [0, 0.1) is 0 Å². The normalized spacial score (nSPS) is 17.2. The van der Waals surface area contributed by atoms with Gasteiger partial charge in [0, 0.05) is 0 Å². The Labute approximate surface area is 336 Å². The molecule has 4 aliphatic rings. The van der Waals surface area contributed by atoms with Gasteiger partial charge < -0.3 is 0 Å². The highest BCUT2D eigenvalue weighted by Gasteiger charge is 2.54. The molecule has 14 rings (SSSR count). The molecule has 2 spiro atoms. The van der Waals surface area contributed by atoms with Crippen molar-refractivity contribution in [2.24, 2.45) is 0 Å². The average molecular weight is 731 g/mol. The van der Waals surface area contributed by atoms with Crippen molar-refractivity contribution in [3.05, 3.63) is 245 Å². The molecule has 0 N–H and O–H groups in total. The minimum absolute atomic E-state index is 0.413. The first-order valence-electron chi connectivity index (χ1n) is 20.4. The molecular formula is C58H34. The smallest absolute Gasteiger partial charge is 0.0725 e. The van der Waals surface area contributed by atoms with Crippen LogP contribution >= 0.6 is 0 Å². The highest BCUT2D eigenvalue weighted by molar-refractivity contribution is 6.36. The van der Waals surface area contributed by atoms with Crippen molar-refractivity contribution in [2.75, 3.05) is 0 Å². The monoisotopic (exact) mass is 730 g/mol. The predicted molar refractivity (Wildman–Crippen MR) is 243 cm³/mol. The summed E-state index contributed by atoms with van der Waals surface area (Å²) in [6.07, 6.45) is 4.14. The summed E-state index contributed by atoms with van der Waals surface area (Å²) >= 11 is 0. The minimum Gasteiger partial charge on any atom is -0.0987 e. The molecule has 0 nitrogen and oxygen atoms in total. The maximum Gasteiger partial charge on any atom is 0.0725 e. The van der Waals surface area contributed by atoms with Crippen LogP contribution in [0.3, 0.4) is 0 Å². The summed E-state index contributed by atoms with van der Waals surface area (Å²) in [7, 11) is 0. The Balaban J connectivity index is 1.19. The summed E-state index contributed by atoms with van der Waals surface area (Å²) in [6, 6.07) is 64.8. The molecule has 0 bridgehead atoms. The number of hydrogen-bond acceptors (Lipinski definition) is 0. The first-order valence-corrected chi connectivity index (χ1v) is 20.4. The number of benzene rings is 10. The second kappa shape index (κ2) is 10.4. The first kappa shape index (κ1) is 30.9. The molecule has 0 aliphatic heterocycles. The molecule has 10 aromatic rings. The SMILES string of the molecule is C=CC1=C(C=C)C2(c3ccccc31)c1ccccc1-c1c2cc2c3cccc4c5c(cc(c6cccc1c26)c43)C1(c2ccccc2-c2ccccc21)c1ccccc1-5. The van der Waals surface area contributed by atoms with Crippen molar-refractivity contribution >= 4 is 48.7 Å². The van der Waals surface area contributed by atoms with Gasteiger partial charge in [0.2, 0.25) is 0 Å². The van der Waals surface area contributed by atoms with Gasteiger partial charge in [0.05, 0.1) is 10.8 Å². The van der Waals surface area contributed by atoms with Gasteiger partial charge in [-0.2, -0.15) is 0 Å². The molecule has 10 aromatic carbocycles. The Bertz CT molecular complexity index is 3560. The lowest BCUT2D eigenvalue weighted by molar-refractivity contribution is 0.788. The Morgan fingerprint density at radius 1 is 0.310 bits per heavy atom. The van der Waals surface area contributed by atoms with Gasteiger partial charge in [0.15, 0.2) is 0 Å². The van der Waals surface area contributed by atoms with Gasteiger partial charge >= 0.3 is 0 Å². The van der Waals surface area contributed by atoms with Crippen LogP contribution in [0.4, 0.5) is 0 Å². The molecule has 0 radical (unpaired) electrons. The summed E-state index contributed by atoms with van der Waals surface area (Å²) < 4.78 is 0. The third-order valence-electron chi connectivity index (χ3n) is 14.6. The molecule has 58 heavy (non-hydrogen) atoms. The van der Waals surface area contributed by atoms with Gasteiger partial charge in [-0.05, 0) is 144 Å². The number of allylic oxidation sites excluding steroid dienone is 4. The van der Waals surface area contributed by atoms with E-state index in [1.165, 1.54) is 132 Å². The van der Waals surface area contributed by atoms with Crippen LogP contribution in [0.25, 0.3) is 82.0 Å². The van der Waals surface area contributed by atoms with E-state index in [1.807, 2.05) is 6.08 Å². The summed E-state index contributed by atoms with van der Waals surface area (Å²) in [4.78, 5) is 0. The maximum absolute atomic E-state index is 4.48. The second-order valence-corrected chi connectivity index (χ2v) is 16.6. The van der Waals surface area contributed by atoms with E-state index in [9.17, 15) is 0 Å². The van der Waals surface area contributed by atoms with E-state index in [1.54, 1.807) is 0 Å². The van der Waals surface area contributed by atoms with E-state index in [-0.39, 0.29) is 0 Å². The zero-order valence-electron chi connectivity index (χ0n) is 31.7. The minimum atomic E-state index is -0.505. The Hall–Kier alpha value is -7.28. The van der Waals surface area contributed by atoms with Crippen LogP contribution in [0.5, 0.6) is 0 Å². The third-order valence-corrected chi connectivity index (χ3v) is 14.6. The Kier molecular flexibility index (Phi) is 5.52. The van der Waals surface area contributed by atoms with Crippen molar-refractivity contribution in [1.29, 1.82) is 0 Å². The molecule has 0 fully saturated rings. The van der Waals surface area contributed by atoms with E-state index in [4.69, 9.17) is 0 Å². The Morgan fingerprint density at radius 2 is 0.690 bits per heavy atom. The van der Waals surface area contributed by atoms with Gasteiger partial charge in [-0.1, -0.05) is 183 Å². The lowest BCUT2D eigenvalue weighted by Crippen LogP contribution is -2.26. The Morgan fingerprint density at radius 3 is 1.17 bits per heavy atom.